The van der Waals surface area contributed by atoms with Gasteiger partial charge in [0.15, 0.2) is 5.17 Å². The minimum atomic E-state index is -0.525. The summed E-state index contributed by atoms with van der Waals surface area (Å²) >= 11 is 7.31. The monoisotopic (exact) mass is 387 g/mol. The molecule has 0 spiro atoms. The van der Waals surface area contributed by atoms with E-state index in [1.807, 2.05) is 43.3 Å². The van der Waals surface area contributed by atoms with Crippen LogP contribution >= 0.6 is 23.4 Å². The Morgan fingerprint density at radius 2 is 2.04 bits per heavy atom. The van der Waals surface area contributed by atoms with Crippen molar-refractivity contribution < 1.29 is 9.59 Å². The Morgan fingerprint density at radius 1 is 1.27 bits per heavy atom. The highest BCUT2D eigenvalue weighted by molar-refractivity contribution is 8.15. The zero-order valence-electron chi connectivity index (χ0n) is 14.2. The maximum absolute atomic E-state index is 12.6. The summed E-state index contributed by atoms with van der Waals surface area (Å²) in [6.45, 7) is 2.38. The van der Waals surface area contributed by atoms with Crippen LogP contribution in [0.4, 0.5) is 11.4 Å². The van der Waals surface area contributed by atoms with Crippen LogP contribution in [0.15, 0.2) is 59.6 Å². The van der Waals surface area contributed by atoms with E-state index in [-0.39, 0.29) is 18.2 Å². The summed E-state index contributed by atoms with van der Waals surface area (Å²) in [5.41, 5.74) is 1.35. The molecule has 1 aliphatic heterocycles. The van der Waals surface area contributed by atoms with Crippen LogP contribution in [0.5, 0.6) is 0 Å². The lowest BCUT2D eigenvalue weighted by Gasteiger charge is -2.30. The number of thioether (sulfide) groups is 1. The van der Waals surface area contributed by atoms with Crippen molar-refractivity contribution >= 4 is 51.7 Å². The van der Waals surface area contributed by atoms with E-state index >= 15 is 0 Å². The van der Waals surface area contributed by atoms with E-state index < -0.39 is 5.25 Å². The molecule has 134 valence electrons. The average Bonchev–Trinajstić information content (AvgIpc) is 2.62. The Labute approximate surface area is 161 Å². The average molecular weight is 388 g/mol. The molecule has 1 saturated heterocycles. The highest BCUT2D eigenvalue weighted by Gasteiger charge is 2.35. The SMILES string of the molecule is CCN1C(=O)CC(C(=O)Nc2ccccc2)SC1=Nc1cccc(Cl)c1. The molecule has 2 aromatic rings. The lowest BCUT2D eigenvalue weighted by Crippen LogP contribution is -2.45. The predicted octanol–water partition coefficient (Wildman–Crippen LogP) is 4.32. The van der Waals surface area contributed by atoms with Crippen LogP contribution in [-0.4, -0.2) is 33.7 Å². The second kappa shape index (κ2) is 8.38. The molecule has 1 aliphatic rings. The Bertz CT molecular complexity index is 842. The van der Waals surface area contributed by atoms with Crippen molar-refractivity contribution in [3.05, 3.63) is 59.6 Å². The molecule has 1 atom stereocenters. The van der Waals surface area contributed by atoms with Gasteiger partial charge in [-0.2, -0.15) is 0 Å². The van der Waals surface area contributed by atoms with E-state index in [9.17, 15) is 9.59 Å². The summed E-state index contributed by atoms with van der Waals surface area (Å²) in [4.78, 5) is 31.2. The molecule has 1 fully saturated rings. The normalized spacial score (nSPS) is 18.8. The third-order valence-corrected chi connectivity index (χ3v) is 5.25. The van der Waals surface area contributed by atoms with Gasteiger partial charge in [0.05, 0.1) is 5.69 Å². The number of amides is 2. The zero-order valence-corrected chi connectivity index (χ0v) is 15.8. The van der Waals surface area contributed by atoms with Crippen molar-refractivity contribution in [2.45, 2.75) is 18.6 Å². The van der Waals surface area contributed by atoms with Crippen molar-refractivity contribution in [3.8, 4) is 0 Å². The number of halogens is 1. The largest absolute Gasteiger partial charge is 0.325 e. The van der Waals surface area contributed by atoms with Crippen LogP contribution in [-0.2, 0) is 9.59 Å². The molecule has 2 aromatic carbocycles. The van der Waals surface area contributed by atoms with Crippen LogP contribution < -0.4 is 5.32 Å². The molecule has 1 N–H and O–H groups in total. The molecule has 0 aromatic heterocycles. The van der Waals surface area contributed by atoms with Gasteiger partial charge in [0.25, 0.3) is 0 Å². The number of amidine groups is 1. The Hall–Kier alpha value is -2.31. The molecule has 1 unspecified atom stereocenters. The molecule has 3 rings (SSSR count). The number of nitrogens with one attached hydrogen (secondary N) is 1. The van der Waals surface area contributed by atoms with Gasteiger partial charge in [0.1, 0.15) is 5.25 Å². The number of rotatable bonds is 4. The quantitative estimate of drug-likeness (QED) is 0.849. The van der Waals surface area contributed by atoms with Crippen LogP contribution in [0, 0.1) is 0 Å². The summed E-state index contributed by atoms with van der Waals surface area (Å²) in [7, 11) is 0. The van der Waals surface area contributed by atoms with Gasteiger partial charge in [0.2, 0.25) is 11.8 Å². The Balaban J connectivity index is 1.81. The third-order valence-electron chi connectivity index (χ3n) is 3.82. The first-order valence-corrected chi connectivity index (χ1v) is 9.49. The topological polar surface area (TPSA) is 61.8 Å². The maximum Gasteiger partial charge on any atom is 0.238 e. The fraction of sp³-hybridized carbons (Fsp3) is 0.211. The highest BCUT2D eigenvalue weighted by Crippen LogP contribution is 2.30. The first kappa shape index (κ1) is 18.5. The molecular weight excluding hydrogens is 370 g/mol. The molecule has 0 radical (unpaired) electrons. The van der Waals surface area contributed by atoms with Gasteiger partial charge in [0, 0.05) is 23.7 Å². The van der Waals surface area contributed by atoms with E-state index in [4.69, 9.17) is 11.6 Å². The zero-order chi connectivity index (χ0) is 18.5. The van der Waals surface area contributed by atoms with Crippen LogP contribution in [0.3, 0.4) is 0 Å². The molecule has 7 heteroatoms. The van der Waals surface area contributed by atoms with Gasteiger partial charge < -0.3 is 5.32 Å². The molecule has 2 amide bonds. The first-order valence-electron chi connectivity index (χ1n) is 8.24. The Kier molecular flexibility index (Phi) is 5.96. The summed E-state index contributed by atoms with van der Waals surface area (Å²) in [6.07, 6.45) is 0.145. The number of carbonyl (C=O) groups excluding carboxylic acids is 2. The van der Waals surface area contributed by atoms with Crippen LogP contribution in [0.2, 0.25) is 5.02 Å². The van der Waals surface area contributed by atoms with Gasteiger partial charge in [-0.3, -0.25) is 14.5 Å². The van der Waals surface area contributed by atoms with Crippen molar-refractivity contribution in [2.75, 3.05) is 11.9 Å². The van der Waals surface area contributed by atoms with Gasteiger partial charge >= 0.3 is 0 Å². The number of aliphatic imine (C=N–C) groups is 1. The van der Waals surface area contributed by atoms with E-state index in [2.05, 4.69) is 10.3 Å². The van der Waals surface area contributed by atoms with Crippen molar-refractivity contribution in [3.63, 3.8) is 0 Å². The molecule has 26 heavy (non-hydrogen) atoms. The number of hydrogen-bond acceptors (Lipinski definition) is 4. The summed E-state index contributed by atoms with van der Waals surface area (Å²) in [5.74, 6) is -0.315. The lowest BCUT2D eigenvalue weighted by molar-refractivity contribution is -0.129. The lowest BCUT2D eigenvalue weighted by atomic mass is 10.2. The van der Waals surface area contributed by atoms with Gasteiger partial charge in [-0.15, -0.1) is 0 Å². The van der Waals surface area contributed by atoms with Gasteiger partial charge in [-0.25, -0.2) is 4.99 Å². The minimum absolute atomic E-state index is 0.111. The molecule has 0 bridgehead atoms. The van der Waals surface area contributed by atoms with Crippen LogP contribution in [0.25, 0.3) is 0 Å². The number of hydrogen-bond donors (Lipinski definition) is 1. The molecular formula is C19H18ClN3O2S. The molecule has 0 saturated carbocycles. The van der Waals surface area contributed by atoms with Crippen molar-refractivity contribution in [1.29, 1.82) is 0 Å². The molecule has 1 heterocycles. The molecule has 0 aliphatic carbocycles. The maximum atomic E-state index is 12.6. The van der Waals surface area contributed by atoms with E-state index in [0.29, 0.717) is 28.1 Å². The van der Waals surface area contributed by atoms with E-state index in [0.717, 1.165) is 0 Å². The number of benzene rings is 2. The van der Waals surface area contributed by atoms with Gasteiger partial charge in [-0.1, -0.05) is 47.6 Å². The number of carbonyl (C=O) groups is 2. The first-order chi connectivity index (χ1) is 12.6. The van der Waals surface area contributed by atoms with E-state index in [1.165, 1.54) is 11.8 Å². The Morgan fingerprint density at radius 3 is 2.73 bits per heavy atom. The number of nitrogens with zero attached hydrogens (tertiary/aromatic N) is 2. The minimum Gasteiger partial charge on any atom is -0.325 e. The van der Waals surface area contributed by atoms with E-state index in [1.54, 1.807) is 23.1 Å². The highest BCUT2D eigenvalue weighted by atomic mass is 35.5. The third kappa shape index (κ3) is 4.45. The van der Waals surface area contributed by atoms with Crippen molar-refractivity contribution in [1.82, 2.24) is 4.90 Å². The predicted molar refractivity (Wildman–Crippen MR) is 107 cm³/mol. The van der Waals surface area contributed by atoms with Gasteiger partial charge in [-0.05, 0) is 37.3 Å². The van der Waals surface area contributed by atoms with Crippen molar-refractivity contribution in [2.24, 2.45) is 4.99 Å². The number of anilines is 1. The van der Waals surface area contributed by atoms with Crippen LogP contribution in [0.1, 0.15) is 13.3 Å². The smallest absolute Gasteiger partial charge is 0.238 e. The summed E-state index contributed by atoms with van der Waals surface area (Å²) in [6, 6.07) is 16.3. The second-order valence-corrected chi connectivity index (χ2v) is 7.28. The second-order valence-electron chi connectivity index (χ2n) is 5.68. The molecule has 5 nitrogen and oxygen atoms in total. The fourth-order valence-electron chi connectivity index (χ4n) is 2.55. The summed E-state index contributed by atoms with van der Waals surface area (Å²) in [5, 5.41) is 3.41. The summed E-state index contributed by atoms with van der Waals surface area (Å²) < 4.78 is 0. The number of para-hydroxylation sites is 1. The standard InChI is InChI=1S/C19H18ClN3O2S/c1-2-23-17(24)12-16(18(25)21-14-8-4-3-5-9-14)26-19(23)22-15-10-6-7-13(20)11-15/h3-11,16H,2,12H2,1H3,(H,21,25). The fourth-order valence-corrected chi connectivity index (χ4v) is 3.90.